The lowest BCUT2D eigenvalue weighted by Gasteiger charge is -2.26. The molecule has 0 radical (unpaired) electrons. The summed E-state index contributed by atoms with van der Waals surface area (Å²) in [5.74, 6) is 0.348. The number of hydrogen-bond acceptors (Lipinski definition) is 7. The van der Waals surface area contributed by atoms with Crippen molar-refractivity contribution < 1.29 is 33.6 Å². The van der Waals surface area contributed by atoms with Gasteiger partial charge in [-0.1, -0.05) is 19.4 Å². The molecule has 2 aliphatic heterocycles. The van der Waals surface area contributed by atoms with E-state index in [1.807, 2.05) is 26.0 Å². The van der Waals surface area contributed by atoms with Crippen molar-refractivity contribution in [1.29, 1.82) is 0 Å². The van der Waals surface area contributed by atoms with Crippen LogP contribution < -0.4 is 14.2 Å². The van der Waals surface area contributed by atoms with Gasteiger partial charge < -0.3 is 29.0 Å². The number of aliphatic hydroxyl groups excluding tert-OH is 1. The number of Topliss-reactive ketones (excluding diaryl/α,β-unsaturated/α-hetero) is 1. The molecule has 1 amide bonds. The molecule has 0 aromatic heterocycles. The summed E-state index contributed by atoms with van der Waals surface area (Å²) in [5.41, 5.74) is 2.15. The van der Waals surface area contributed by atoms with E-state index in [9.17, 15) is 14.7 Å². The summed E-state index contributed by atoms with van der Waals surface area (Å²) in [5, 5.41) is 11.5. The number of unbranched alkanes of at least 4 members (excludes halogenated alkanes) is 1. The first kappa shape index (κ1) is 27.5. The van der Waals surface area contributed by atoms with Crippen LogP contribution in [0.2, 0.25) is 0 Å². The number of carbonyl (C=O) groups is 2. The molecule has 0 saturated carbocycles. The third-order valence-corrected chi connectivity index (χ3v) is 6.80. The van der Waals surface area contributed by atoms with E-state index in [4.69, 9.17) is 18.9 Å². The van der Waals surface area contributed by atoms with Crippen LogP contribution in [0.15, 0.2) is 42.0 Å². The Morgan fingerprint density at radius 3 is 2.61 bits per heavy atom. The van der Waals surface area contributed by atoms with Gasteiger partial charge in [0.2, 0.25) is 0 Å². The maximum atomic E-state index is 13.4. The van der Waals surface area contributed by atoms with Gasteiger partial charge in [0.25, 0.3) is 11.7 Å². The van der Waals surface area contributed by atoms with Gasteiger partial charge >= 0.3 is 0 Å². The molecule has 1 N–H and O–H groups in total. The Hall–Kier alpha value is -3.52. The summed E-state index contributed by atoms with van der Waals surface area (Å²) in [6, 6.07) is 10.0. The number of carbonyl (C=O) groups excluding carboxylic acids is 2. The van der Waals surface area contributed by atoms with Crippen molar-refractivity contribution >= 4 is 17.4 Å². The van der Waals surface area contributed by atoms with Crippen LogP contribution in [0.5, 0.6) is 17.2 Å². The van der Waals surface area contributed by atoms with Crippen molar-refractivity contribution in [2.75, 3.05) is 33.5 Å². The molecule has 2 aromatic carbocycles. The van der Waals surface area contributed by atoms with E-state index < -0.39 is 17.7 Å². The summed E-state index contributed by atoms with van der Waals surface area (Å²) < 4.78 is 22.8. The highest BCUT2D eigenvalue weighted by atomic mass is 16.5. The fraction of sp³-hybridized carbons (Fsp3) is 0.467. The molecule has 1 saturated heterocycles. The van der Waals surface area contributed by atoms with Crippen LogP contribution in [0.3, 0.4) is 0 Å². The average Bonchev–Trinajstić information content (AvgIpc) is 3.40. The number of hydrogen-bond donors (Lipinski definition) is 1. The minimum Gasteiger partial charge on any atom is -0.507 e. The van der Waals surface area contributed by atoms with E-state index in [1.54, 1.807) is 31.4 Å². The molecular weight excluding hydrogens is 486 g/mol. The van der Waals surface area contributed by atoms with Gasteiger partial charge in [0.15, 0.2) is 11.5 Å². The molecule has 2 unspecified atom stereocenters. The van der Waals surface area contributed by atoms with Gasteiger partial charge in [0.1, 0.15) is 17.6 Å². The number of ketones is 1. The topological polar surface area (TPSA) is 94.5 Å². The first-order chi connectivity index (χ1) is 18.4. The van der Waals surface area contributed by atoms with Crippen LogP contribution in [0.1, 0.15) is 62.8 Å². The van der Waals surface area contributed by atoms with Crippen LogP contribution in [0.25, 0.3) is 5.76 Å². The molecule has 8 nitrogen and oxygen atoms in total. The third kappa shape index (κ3) is 5.65. The molecule has 1 fully saturated rings. The lowest BCUT2D eigenvalue weighted by Crippen LogP contribution is -2.31. The fourth-order valence-corrected chi connectivity index (χ4v) is 4.97. The van der Waals surface area contributed by atoms with Crippen LogP contribution in [0.4, 0.5) is 0 Å². The van der Waals surface area contributed by atoms with Crippen LogP contribution in [-0.2, 0) is 20.7 Å². The number of methoxy groups -OCH3 is 1. The second kappa shape index (κ2) is 12.3. The first-order valence-electron chi connectivity index (χ1n) is 13.4. The zero-order chi connectivity index (χ0) is 27.2. The zero-order valence-electron chi connectivity index (χ0n) is 22.6. The minimum atomic E-state index is -0.779. The highest BCUT2D eigenvalue weighted by Gasteiger charge is 2.46. The number of benzene rings is 2. The summed E-state index contributed by atoms with van der Waals surface area (Å²) in [6.07, 6.45) is 3.22. The smallest absolute Gasteiger partial charge is 0.295 e. The van der Waals surface area contributed by atoms with Crippen molar-refractivity contribution in [3.63, 3.8) is 0 Å². The summed E-state index contributed by atoms with van der Waals surface area (Å²) in [7, 11) is 1.59. The van der Waals surface area contributed by atoms with Gasteiger partial charge in [-0.25, -0.2) is 0 Å². The Morgan fingerprint density at radius 1 is 1.05 bits per heavy atom. The monoisotopic (exact) mass is 523 g/mol. The van der Waals surface area contributed by atoms with E-state index in [1.165, 1.54) is 4.90 Å². The highest BCUT2D eigenvalue weighted by Crippen LogP contribution is 2.43. The van der Waals surface area contributed by atoms with Crippen molar-refractivity contribution in [3.8, 4) is 17.2 Å². The molecule has 8 heteroatoms. The van der Waals surface area contributed by atoms with Crippen molar-refractivity contribution in [2.24, 2.45) is 0 Å². The lowest BCUT2D eigenvalue weighted by molar-refractivity contribution is -0.140. The molecule has 2 heterocycles. The summed E-state index contributed by atoms with van der Waals surface area (Å²) in [4.78, 5) is 28.1. The second-order valence-corrected chi connectivity index (χ2v) is 9.64. The fourth-order valence-electron chi connectivity index (χ4n) is 4.97. The predicted octanol–water partition coefficient (Wildman–Crippen LogP) is 5.05. The standard InChI is InChI=1S/C30H37NO7/c1-5-7-15-37-24-12-9-20(18-25(24)36-6-2)27-26(29(33)30(34)31(27)13-8-14-35-4)28(32)21-10-11-23-22(17-21)16-19(3)38-23/h9-12,17-19,27,32H,5-8,13-16H2,1-4H3/b28-26-. The Bertz CT molecular complexity index is 1210. The van der Waals surface area contributed by atoms with E-state index in [-0.39, 0.29) is 17.4 Å². The number of nitrogens with zero attached hydrogens (tertiary/aromatic N) is 1. The number of ether oxygens (including phenoxy) is 4. The lowest BCUT2D eigenvalue weighted by atomic mass is 9.94. The molecule has 0 bridgehead atoms. The van der Waals surface area contributed by atoms with Crippen LogP contribution in [-0.4, -0.2) is 61.3 Å². The normalized spacial score (nSPS) is 19.9. The summed E-state index contributed by atoms with van der Waals surface area (Å²) in [6.45, 7) is 7.69. The Morgan fingerprint density at radius 2 is 1.87 bits per heavy atom. The van der Waals surface area contributed by atoms with Crippen molar-refractivity contribution in [3.05, 3.63) is 58.7 Å². The summed E-state index contributed by atoms with van der Waals surface area (Å²) >= 11 is 0. The molecule has 2 atom stereocenters. The molecule has 2 aliphatic rings. The molecule has 204 valence electrons. The SMILES string of the molecule is CCCCOc1ccc(C2/C(=C(/O)c3ccc4c(c3)CC(C)O4)C(=O)C(=O)N2CCCOC)cc1OCC. The van der Waals surface area contributed by atoms with Crippen LogP contribution in [0, 0.1) is 0 Å². The number of aliphatic hydroxyl groups is 1. The van der Waals surface area contributed by atoms with Gasteiger partial charge in [-0.05, 0) is 68.1 Å². The zero-order valence-corrected chi connectivity index (χ0v) is 22.6. The predicted molar refractivity (Wildman–Crippen MR) is 144 cm³/mol. The van der Waals surface area contributed by atoms with Gasteiger partial charge in [0, 0.05) is 32.2 Å². The Kier molecular flexibility index (Phi) is 8.94. The number of fused-ring (bicyclic) bond motifs is 1. The molecule has 0 spiro atoms. The Balaban J connectivity index is 1.79. The van der Waals surface area contributed by atoms with E-state index in [0.29, 0.717) is 61.8 Å². The molecule has 0 aliphatic carbocycles. The number of likely N-dealkylation sites (tertiary alicyclic amines) is 1. The van der Waals surface area contributed by atoms with Gasteiger partial charge in [0.05, 0.1) is 24.8 Å². The Labute approximate surface area is 224 Å². The second-order valence-electron chi connectivity index (χ2n) is 9.64. The third-order valence-electron chi connectivity index (χ3n) is 6.80. The first-order valence-corrected chi connectivity index (χ1v) is 13.4. The molecular formula is C30H37NO7. The van der Waals surface area contributed by atoms with Gasteiger partial charge in [-0.3, -0.25) is 9.59 Å². The van der Waals surface area contributed by atoms with Gasteiger partial charge in [-0.2, -0.15) is 0 Å². The van der Waals surface area contributed by atoms with Gasteiger partial charge in [-0.15, -0.1) is 0 Å². The molecule has 2 aromatic rings. The van der Waals surface area contributed by atoms with Crippen molar-refractivity contribution in [1.82, 2.24) is 4.90 Å². The van der Waals surface area contributed by atoms with E-state index >= 15 is 0 Å². The molecule has 38 heavy (non-hydrogen) atoms. The van der Waals surface area contributed by atoms with E-state index in [0.717, 1.165) is 24.2 Å². The number of amides is 1. The largest absolute Gasteiger partial charge is 0.507 e. The maximum Gasteiger partial charge on any atom is 0.295 e. The van der Waals surface area contributed by atoms with Crippen LogP contribution >= 0.6 is 0 Å². The molecule has 4 rings (SSSR count). The quantitative estimate of drug-likeness (QED) is 0.180. The maximum absolute atomic E-state index is 13.4. The van der Waals surface area contributed by atoms with E-state index in [2.05, 4.69) is 6.92 Å². The minimum absolute atomic E-state index is 0.0452. The average molecular weight is 524 g/mol. The van der Waals surface area contributed by atoms with Crippen molar-refractivity contribution in [2.45, 2.75) is 58.6 Å². The number of rotatable bonds is 12. The highest BCUT2D eigenvalue weighted by molar-refractivity contribution is 6.46.